The predicted octanol–water partition coefficient (Wildman–Crippen LogP) is 1.29. The molecule has 0 aromatic carbocycles. The summed E-state index contributed by atoms with van der Waals surface area (Å²) < 4.78 is 2.13. The van der Waals surface area contributed by atoms with Crippen molar-refractivity contribution in [1.29, 1.82) is 0 Å². The lowest BCUT2D eigenvalue weighted by Gasteiger charge is -2.03. The van der Waals surface area contributed by atoms with Crippen LogP contribution in [0.5, 0.6) is 0 Å². The Balaban J connectivity index is 2.84. The predicted molar refractivity (Wildman–Crippen MR) is 59.8 cm³/mol. The Morgan fingerprint density at radius 2 is 2.38 bits per heavy atom. The second-order valence-corrected chi connectivity index (χ2v) is 3.95. The zero-order chi connectivity index (χ0) is 9.84. The van der Waals surface area contributed by atoms with Crippen LogP contribution in [0.25, 0.3) is 0 Å². The van der Waals surface area contributed by atoms with Gasteiger partial charge in [-0.3, -0.25) is 4.79 Å². The van der Waals surface area contributed by atoms with Gasteiger partial charge in [-0.25, -0.2) is 0 Å². The van der Waals surface area contributed by atoms with Gasteiger partial charge in [-0.1, -0.05) is 12.2 Å². The van der Waals surface area contributed by atoms with Crippen molar-refractivity contribution in [1.82, 2.24) is 4.57 Å². The number of nitrogens with zero attached hydrogens (tertiary/aromatic N) is 1. The van der Waals surface area contributed by atoms with E-state index in [1.165, 1.54) is 0 Å². The van der Waals surface area contributed by atoms with Crippen molar-refractivity contribution < 1.29 is 0 Å². The average Bonchev–Trinajstić information content (AvgIpc) is 2.07. The number of pyridine rings is 1. The van der Waals surface area contributed by atoms with E-state index < -0.39 is 0 Å². The molecule has 0 amide bonds. The molecule has 0 atom stereocenters. The van der Waals surface area contributed by atoms with Crippen molar-refractivity contribution in [3.8, 4) is 0 Å². The molecule has 0 aliphatic rings. The second-order valence-electron chi connectivity index (χ2n) is 2.57. The van der Waals surface area contributed by atoms with Gasteiger partial charge < -0.3 is 10.3 Å². The Bertz CT molecular complexity index is 375. The fraction of sp³-hybridized carbons (Fsp3) is 0.250. The van der Waals surface area contributed by atoms with Crippen LogP contribution in [0.3, 0.4) is 0 Å². The number of rotatable bonds is 3. The molecule has 0 radical (unpaired) electrons. The molecule has 0 saturated carbocycles. The van der Waals surface area contributed by atoms with Crippen molar-refractivity contribution >= 4 is 33.1 Å². The van der Waals surface area contributed by atoms with Crippen LogP contribution < -0.4 is 11.3 Å². The minimum atomic E-state index is -0.0567. The Hall–Kier alpha value is -0.680. The first-order valence-corrected chi connectivity index (χ1v) is 4.94. The lowest BCUT2D eigenvalue weighted by atomic mass is 10.4. The summed E-state index contributed by atoms with van der Waals surface area (Å²) in [5.74, 6) is 0. The highest BCUT2D eigenvalue weighted by molar-refractivity contribution is 9.10. The van der Waals surface area contributed by atoms with Gasteiger partial charge in [0.15, 0.2) is 0 Å². The van der Waals surface area contributed by atoms with Crippen LogP contribution in [-0.2, 0) is 6.54 Å². The van der Waals surface area contributed by atoms with E-state index in [1.807, 2.05) is 0 Å². The maximum Gasteiger partial charge on any atom is 0.264 e. The third-order valence-electron chi connectivity index (χ3n) is 1.57. The van der Waals surface area contributed by atoms with Gasteiger partial charge in [0.2, 0.25) is 0 Å². The summed E-state index contributed by atoms with van der Waals surface area (Å²) >= 11 is 7.88. The highest BCUT2D eigenvalue weighted by Crippen LogP contribution is 2.00. The fourth-order valence-corrected chi connectivity index (χ4v) is 1.39. The lowest BCUT2D eigenvalue weighted by Crippen LogP contribution is -2.22. The SMILES string of the molecule is NC(=S)CCn1cccc(Br)c1=O. The van der Waals surface area contributed by atoms with Crippen LogP contribution in [-0.4, -0.2) is 9.56 Å². The number of thiocarbonyl (C=S) groups is 1. The van der Waals surface area contributed by atoms with E-state index in [9.17, 15) is 4.79 Å². The second kappa shape index (κ2) is 4.53. The van der Waals surface area contributed by atoms with Gasteiger partial charge >= 0.3 is 0 Å². The van der Waals surface area contributed by atoms with Gasteiger partial charge in [0.25, 0.3) is 5.56 Å². The first kappa shape index (κ1) is 10.4. The van der Waals surface area contributed by atoms with E-state index in [1.54, 1.807) is 22.9 Å². The Kier molecular flexibility index (Phi) is 3.62. The summed E-state index contributed by atoms with van der Waals surface area (Å²) in [5, 5.41) is 0. The summed E-state index contributed by atoms with van der Waals surface area (Å²) in [6.45, 7) is 0.535. The molecular weight excluding hydrogens is 252 g/mol. The van der Waals surface area contributed by atoms with Gasteiger partial charge in [0.05, 0.1) is 9.46 Å². The molecule has 5 heteroatoms. The maximum absolute atomic E-state index is 11.4. The molecule has 0 bridgehead atoms. The van der Waals surface area contributed by atoms with Crippen molar-refractivity contribution in [2.24, 2.45) is 5.73 Å². The molecule has 2 N–H and O–H groups in total. The van der Waals surface area contributed by atoms with E-state index in [0.717, 1.165) is 0 Å². The molecule has 0 unspecified atom stereocenters. The molecule has 0 fully saturated rings. The number of aryl methyl sites for hydroxylation is 1. The number of hydrogen-bond acceptors (Lipinski definition) is 2. The van der Waals surface area contributed by atoms with Crippen LogP contribution in [0, 0.1) is 0 Å². The van der Waals surface area contributed by atoms with Crippen LogP contribution in [0.1, 0.15) is 6.42 Å². The van der Waals surface area contributed by atoms with Gasteiger partial charge in [-0.05, 0) is 28.1 Å². The summed E-state index contributed by atoms with van der Waals surface area (Å²) in [4.78, 5) is 11.8. The molecule has 1 aromatic heterocycles. The topological polar surface area (TPSA) is 48.0 Å². The van der Waals surface area contributed by atoms with E-state index in [-0.39, 0.29) is 5.56 Å². The first-order chi connectivity index (χ1) is 6.11. The summed E-state index contributed by atoms with van der Waals surface area (Å²) in [7, 11) is 0. The van der Waals surface area contributed by atoms with Crippen LogP contribution in [0.2, 0.25) is 0 Å². The minimum absolute atomic E-state index is 0.0567. The number of aromatic nitrogens is 1. The van der Waals surface area contributed by atoms with E-state index in [0.29, 0.717) is 22.4 Å². The molecule has 1 rings (SSSR count). The molecule has 0 saturated heterocycles. The number of halogens is 1. The molecule has 1 aromatic rings. The molecule has 3 nitrogen and oxygen atoms in total. The molecular formula is C8H9BrN2OS. The molecule has 0 aliphatic heterocycles. The zero-order valence-electron chi connectivity index (χ0n) is 6.87. The minimum Gasteiger partial charge on any atom is -0.393 e. The normalized spacial score (nSPS) is 9.92. The number of nitrogens with two attached hydrogens (primary N) is 1. The first-order valence-electron chi connectivity index (χ1n) is 3.74. The largest absolute Gasteiger partial charge is 0.393 e. The van der Waals surface area contributed by atoms with Gasteiger partial charge in [-0.15, -0.1) is 0 Å². The summed E-state index contributed by atoms with van der Waals surface area (Å²) in [6.07, 6.45) is 2.26. The van der Waals surface area contributed by atoms with E-state index in [4.69, 9.17) is 18.0 Å². The third kappa shape index (κ3) is 2.93. The number of hydrogen-bond donors (Lipinski definition) is 1. The van der Waals surface area contributed by atoms with Crippen molar-refractivity contribution in [2.75, 3.05) is 0 Å². The van der Waals surface area contributed by atoms with Gasteiger partial charge in [0.1, 0.15) is 0 Å². The smallest absolute Gasteiger partial charge is 0.264 e. The van der Waals surface area contributed by atoms with Crippen LogP contribution >= 0.6 is 28.1 Å². The molecule has 13 heavy (non-hydrogen) atoms. The quantitative estimate of drug-likeness (QED) is 0.834. The third-order valence-corrected chi connectivity index (χ3v) is 2.38. The molecule has 1 heterocycles. The Morgan fingerprint density at radius 1 is 1.69 bits per heavy atom. The Morgan fingerprint density at radius 3 is 3.00 bits per heavy atom. The van der Waals surface area contributed by atoms with Crippen LogP contribution in [0.15, 0.2) is 27.6 Å². The van der Waals surface area contributed by atoms with Crippen LogP contribution in [0.4, 0.5) is 0 Å². The van der Waals surface area contributed by atoms with Crippen molar-refractivity contribution in [3.05, 3.63) is 33.2 Å². The summed E-state index contributed by atoms with van der Waals surface area (Å²) in [6, 6.07) is 3.50. The van der Waals surface area contributed by atoms with Crippen molar-refractivity contribution in [2.45, 2.75) is 13.0 Å². The fourth-order valence-electron chi connectivity index (χ4n) is 0.914. The molecule has 70 valence electrons. The van der Waals surface area contributed by atoms with E-state index in [2.05, 4.69) is 15.9 Å². The Labute approximate surface area is 89.7 Å². The average molecular weight is 261 g/mol. The zero-order valence-corrected chi connectivity index (χ0v) is 9.27. The summed E-state index contributed by atoms with van der Waals surface area (Å²) in [5.41, 5.74) is 5.28. The van der Waals surface area contributed by atoms with Gasteiger partial charge in [0, 0.05) is 19.2 Å². The highest BCUT2D eigenvalue weighted by Gasteiger charge is 1.99. The van der Waals surface area contributed by atoms with Crippen molar-refractivity contribution in [3.63, 3.8) is 0 Å². The van der Waals surface area contributed by atoms with E-state index >= 15 is 0 Å². The lowest BCUT2D eigenvalue weighted by molar-refractivity contribution is 0.692. The standard InChI is InChI=1S/C8H9BrN2OS/c9-6-2-1-4-11(8(6)12)5-3-7(10)13/h1-2,4H,3,5H2,(H2,10,13). The molecule has 0 aliphatic carbocycles. The maximum atomic E-state index is 11.4. The monoisotopic (exact) mass is 260 g/mol. The molecule has 0 spiro atoms. The van der Waals surface area contributed by atoms with Gasteiger partial charge in [-0.2, -0.15) is 0 Å². The highest BCUT2D eigenvalue weighted by atomic mass is 79.9.